The zero-order valence-corrected chi connectivity index (χ0v) is 9.70. The number of hydrogen-bond donors (Lipinski definition) is 3. The second-order valence-electron chi connectivity index (χ2n) is 3.91. The molecule has 0 saturated heterocycles. The molecule has 0 amide bonds. The van der Waals surface area contributed by atoms with Gasteiger partial charge in [-0.3, -0.25) is 5.32 Å². The first-order valence-electron chi connectivity index (χ1n) is 5.19. The fraction of sp³-hybridized carbons (Fsp3) is 0.167. The number of benzene rings is 1. The largest absolute Gasteiger partial charge is 0.369 e. The minimum atomic E-state index is 0.0958. The van der Waals surface area contributed by atoms with E-state index in [9.17, 15) is 0 Å². The normalized spacial score (nSPS) is 11.5. The molecular formula is C12H13N5. The Kier molecular flexibility index (Phi) is 2.71. The summed E-state index contributed by atoms with van der Waals surface area (Å²) in [4.78, 5) is 7.40. The van der Waals surface area contributed by atoms with Crippen LogP contribution in [0.3, 0.4) is 0 Å². The van der Waals surface area contributed by atoms with Crippen molar-refractivity contribution in [2.45, 2.75) is 13.8 Å². The summed E-state index contributed by atoms with van der Waals surface area (Å²) in [5.41, 5.74) is 9.56. The van der Waals surface area contributed by atoms with Gasteiger partial charge in [0.2, 0.25) is 5.96 Å². The topological polar surface area (TPSA) is 90.0 Å². The first kappa shape index (κ1) is 11.0. The fourth-order valence-corrected chi connectivity index (χ4v) is 1.83. The van der Waals surface area contributed by atoms with Gasteiger partial charge in [0.25, 0.3) is 0 Å². The molecule has 0 atom stereocenters. The van der Waals surface area contributed by atoms with Crippen LogP contribution in [0.2, 0.25) is 0 Å². The summed E-state index contributed by atoms with van der Waals surface area (Å²) in [7, 11) is 0. The lowest BCUT2D eigenvalue weighted by Gasteiger charge is -2.01. The van der Waals surface area contributed by atoms with E-state index >= 15 is 0 Å². The highest BCUT2D eigenvalue weighted by Gasteiger charge is 2.03. The Morgan fingerprint density at radius 3 is 2.88 bits per heavy atom. The van der Waals surface area contributed by atoms with Crippen LogP contribution in [0.25, 0.3) is 10.9 Å². The number of hydrogen-bond acceptors (Lipinski definition) is 2. The fourth-order valence-electron chi connectivity index (χ4n) is 1.83. The number of aryl methyl sites for hydroxylation is 2. The number of nitrogens with two attached hydrogens (primary N) is 1. The Hall–Kier alpha value is -2.48. The molecule has 0 radical (unpaired) electrons. The van der Waals surface area contributed by atoms with Gasteiger partial charge >= 0.3 is 0 Å². The van der Waals surface area contributed by atoms with Gasteiger partial charge in [-0.2, -0.15) is 5.26 Å². The Morgan fingerprint density at radius 1 is 1.41 bits per heavy atom. The Balaban J connectivity index is 2.50. The third kappa shape index (κ3) is 2.21. The van der Waals surface area contributed by atoms with Gasteiger partial charge in [0.15, 0.2) is 6.19 Å². The molecule has 1 heterocycles. The Morgan fingerprint density at radius 2 is 2.18 bits per heavy atom. The summed E-state index contributed by atoms with van der Waals surface area (Å²) in [5.74, 6) is 0.0958. The van der Waals surface area contributed by atoms with Gasteiger partial charge in [-0.1, -0.05) is 0 Å². The maximum Gasteiger partial charge on any atom is 0.207 e. The molecule has 5 nitrogen and oxygen atoms in total. The van der Waals surface area contributed by atoms with Crippen molar-refractivity contribution in [2.75, 3.05) is 0 Å². The number of aromatic amines is 1. The van der Waals surface area contributed by atoms with Gasteiger partial charge in [-0.15, -0.1) is 0 Å². The zero-order valence-electron chi connectivity index (χ0n) is 9.70. The Labute approximate surface area is 99.0 Å². The molecule has 2 aromatic rings. The van der Waals surface area contributed by atoms with E-state index in [4.69, 9.17) is 11.0 Å². The van der Waals surface area contributed by atoms with E-state index in [2.05, 4.69) is 21.4 Å². The summed E-state index contributed by atoms with van der Waals surface area (Å²) in [6.45, 7) is 4.01. The molecule has 2 rings (SSSR count). The summed E-state index contributed by atoms with van der Waals surface area (Å²) in [5, 5.41) is 11.8. The van der Waals surface area contributed by atoms with Gasteiger partial charge in [0, 0.05) is 16.6 Å². The molecule has 0 spiro atoms. The van der Waals surface area contributed by atoms with E-state index in [-0.39, 0.29) is 5.96 Å². The van der Waals surface area contributed by atoms with E-state index in [1.165, 1.54) is 0 Å². The molecule has 5 heteroatoms. The van der Waals surface area contributed by atoms with Crippen LogP contribution in [-0.4, -0.2) is 10.9 Å². The maximum absolute atomic E-state index is 8.42. The molecule has 17 heavy (non-hydrogen) atoms. The highest BCUT2D eigenvalue weighted by atomic mass is 15.1. The summed E-state index contributed by atoms with van der Waals surface area (Å²) in [6, 6.07) is 5.90. The molecule has 86 valence electrons. The highest BCUT2D eigenvalue weighted by Crippen LogP contribution is 2.25. The van der Waals surface area contributed by atoms with Crippen molar-refractivity contribution in [3.8, 4) is 6.19 Å². The van der Waals surface area contributed by atoms with Gasteiger partial charge in [-0.05, 0) is 37.6 Å². The first-order chi connectivity index (χ1) is 8.10. The van der Waals surface area contributed by atoms with Gasteiger partial charge < -0.3 is 10.7 Å². The highest BCUT2D eigenvalue weighted by molar-refractivity contribution is 5.89. The standard InChI is InChI=1S/C12H13N5/c1-7-3-10(17-12(14)15-6-13)5-9-4-8(2)16-11(7)9/h3-5,16H,1-2H3,(H3,14,15,17). The van der Waals surface area contributed by atoms with E-state index < -0.39 is 0 Å². The van der Waals surface area contributed by atoms with Crippen molar-refractivity contribution in [3.05, 3.63) is 29.5 Å². The van der Waals surface area contributed by atoms with Crippen molar-refractivity contribution in [1.29, 1.82) is 5.26 Å². The number of fused-ring (bicyclic) bond motifs is 1. The van der Waals surface area contributed by atoms with E-state index in [0.717, 1.165) is 27.8 Å². The summed E-state index contributed by atoms with van der Waals surface area (Å²) >= 11 is 0. The van der Waals surface area contributed by atoms with Crippen LogP contribution in [0.15, 0.2) is 23.2 Å². The monoisotopic (exact) mass is 227 g/mol. The molecule has 4 N–H and O–H groups in total. The van der Waals surface area contributed by atoms with Crippen LogP contribution in [0, 0.1) is 25.3 Å². The number of aromatic nitrogens is 1. The smallest absolute Gasteiger partial charge is 0.207 e. The van der Waals surface area contributed by atoms with Crippen LogP contribution in [0.5, 0.6) is 0 Å². The zero-order chi connectivity index (χ0) is 12.4. The lowest BCUT2D eigenvalue weighted by atomic mass is 10.1. The lowest BCUT2D eigenvalue weighted by molar-refractivity contribution is 1.21. The third-order valence-electron chi connectivity index (χ3n) is 2.48. The Bertz CT molecular complexity index is 630. The maximum atomic E-state index is 8.42. The number of nitrogens with zero attached hydrogens (tertiary/aromatic N) is 2. The van der Waals surface area contributed by atoms with Crippen LogP contribution in [0.1, 0.15) is 11.3 Å². The van der Waals surface area contributed by atoms with E-state index in [0.29, 0.717) is 0 Å². The predicted molar refractivity (Wildman–Crippen MR) is 67.8 cm³/mol. The van der Waals surface area contributed by atoms with Crippen molar-refractivity contribution in [3.63, 3.8) is 0 Å². The van der Waals surface area contributed by atoms with Crippen LogP contribution < -0.4 is 11.1 Å². The minimum absolute atomic E-state index is 0.0958. The predicted octanol–water partition coefficient (Wildman–Crippen LogP) is 1.80. The SMILES string of the molecule is Cc1cc2cc(N=C(N)NC#N)cc(C)c2[nH]1. The van der Waals surface area contributed by atoms with Crippen LogP contribution in [0.4, 0.5) is 5.69 Å². The van der Waals surface area contributed by atoms with Crippen molar-refractivity contribution in [1.82, 2.24) is 10.3 Å². The summed E-state index contributed by atoms with van der Waals surface area (Å²) in [6.07, 6.45) is 1.73. The second-order valence-corrected chi connectivity index (χ2v) is 3.91. The van der Waals surface area contributed by atoms with Crippen LogP contribution >= 0.6 is 0 Å². The molecule has 0 saturated carbocycles. The van der Waals surface area contributed by atoms with Gasteiger partial charge in [0.05, 0.1) is 5.69 Å². The number of nitriles is 1. The van der Waals surface area contributed by atoms with Gasteiger partial charge in [-0.25, -0.2) is 4.99 Å². The molecule has 1 aromatic carbocycles. The number of aliphatic imine (C=N–C) groups is 1. The first-order valence-corrected chi connectivity index (χ1v) is 5.19. The average Bonchev–Trinajstić information content (AvgIpc) is 2.59. The summed E-state index contributed by atoms with van der Waals surface area (Å²) < 4.78 is 0. The van der Waals surface area contributed by atoms with Crippen LogP contribution in [-0.2, 0) is 0 Å². The molecule has 0 fully saturated rings. The number of guanidine groups is 1. The van der Waals surface area contributed by atoms with E-state index in [1.807, 2.05) is 26.0 Å². The molecule has 1 aromatic heterocycles. The van der Waals surface area contributed by atoms with E-state index in [1.54, 1.807) is 6.19 Å². The van der Waals surface area contributed by atoms with Crippen molar-refractivity contribution >= 4 is 22.5 Å². The number of nitrogens with one attached hydrogen (secondary N) is 2. The van der Waals surface area contributed by atoms with Crippen molar-refractivity contribution in [2.24, 2.45) is 10.7 Å². The number of rotatable bonds is 1. The molecule has 0 aliphatic rings. The quantitative estimate of drug-likeness (QED) is 0.300. The van der Waals surface area contributed by atoms with Gasteiger partial charge in [0.1, 0.15) is 0 Å². The second kappa shape index (κ2) is 4.18. The molecular weight excluding hydrogens is 214 g/mol. The third-order valence-corrected chi connectivity index (χ3v) is 2.48. The lowest BCUT2D eigenvalue weighted by Crippen LogP contribution is -2.26. The van der Waals surface area contributed by atoms with Crippen molar-refractivity contribution < 1.29 is 0 Å². The number of H-pyrrole nitrogens is 1. The molecule has 0 bridgehead atoms. The minimum Gasteiger partial charge on any atom is -0.369 e. The molecule has 0 unspecified atom stereocenters. The average molecular weight is 227 g/mol. The molecule has 0 aliphatic heterocycles. The molecule has 0 aliphatic carbocycles.